The van der Waals surface area contributed by atoms with Crippen LogP contribution in [0.1, 0.15) is 9.80 Å². The van der Waals surface area contributed by atoms with Crippen molar-refractivity contribution in [3.05, 3.63) is 101 Å². The Morgan fingerprint density at radius 2 is 1.39 bits per heavy atom. The van der Waals surface area contributed by atoms with E-state index < -0.39 is 0 Å². The summed E-state index contributed by atoms with van der Waals surface area (Å²) < 4.78 is 1.65. The Balaban J connectivity index is 1.69. The zero-order valence-corrected chi connectivity index (χ0v) is 15.6. The molecule has 0 atom stereocenters. The fourth-order valence-electron chi connectivity index (χ4n) is 2.51. The lowest BCUT2D eigenvalue weighted by molar-refractivity contribution is 0.102. The van der Waals surface area contributed by atoms with Crippen molar-refractivity contribution in [2.75, 3.05) is 10.7 Å². The van der Waals surface area contributed by atoms with Gasteiger partial charge in [-0.05, 0) is 36.4 Å². The lowest BCUT2D eigenvalue weighted by atomic mass is 10.3. The van der Waals surface area contributed by atoms with Crippen LogP contribution in [0.5, 0.6) is 0 Å². The van der Waals surface area contributed by atoms with Gasteiger partial charge in [-0.3, -0.25) is 10.2 Å². The predicted molar refractivity (Wildman–Crippen MR) is 111 cm³/mol. The van der Waals surface area contributed by atoms with Crippen molar-refractivity contribution < 1.29 is 4.79 Å². The number of nitrogens with zero attached hydrogens (tertiary/aromatic N) is 3. The van der Waals surface area contributed by atoms with Gasteiger partial charge in [0.1, 0.15) is 0 Å². The van der Waals surface area contributed by atoms with Gasteiger partial charge in [-0.1, -0.05) is 65.9 Å². The molecule has 0 bridgehead atoms. The fraction of sp³-hybridized carbons (Fsp3) is 0. The van der Waals surface area contributed by atoms with Crippen LogP contribution in [0.25, 0.3) is 5.69 Å². The molecule has 0 fully saturated rings. The van der Waals surface area contributed by atoms with Gasteiger partial charge in [-0.25, -0.2) is 4.68 Å². The number of nitrogens with one attached hydrogen (secondary N) is 2. The third-order valence-electron chi connectivity index (χ3n) is 3.84. The molecule has 0 saturated carbocycles. The molecule has 4 rings (SSSR count). The maximum absolute atomic E-state index is 12.6. The number of anilines is 2. The van der Waals surface area contributed by atoms with Crippen molar-refractivity contribution in [3.8, 4) is 5.69 Å². The topological polar surface area (TPSA) is 71.3 Å². The molecule has 0 unspecified atom stereocenters. The second kappa shape index (κ2) is 8.32. The van der Waals surface area contributed by atoms with Crippen LogP contribution in [0.15, 0.2) is 96.1 Å². The molecule has 3 aromatic carbocycles. The fourth-order valence-corrected chi connectivity index (χ4v) is 3.28. The highest BCUT2D eigenvalue weighted by atomic mass is 32.1. The van der Waals surface area contributed by atoms with Gasteiger partial charge in [0.25, 0.3) is 5.91 Å². The quantitative estimate of drug-likeness (QED) is 0.506. The highest BCUT2D eigenvalue weighted by Crippen LogP contribution is 2.11. The van der Waals surface area contributed by atoms with Gasteiger partial charge < -0.3 is 5.32 Å². The molecule has 28 heavy (non-hydrogen) atoms. The van der Waals surface area contributed by atoms with Crippen LogP contribution in [-0.2, 0) is 0 Å². The molecular weight excluding hydrogens is 370 g/mol. The number of rotatable bonds is 5. The van der Waals surface area contributed by atoms with E-state index in [0.29, 0.717) is 9.81 Å². The Bertz CT molecular complexity index is 1120. The number of hydrogen-bond donors (Lipinski definition) is 2. The van der Waals surface area contributed by atoms with Gasteiger partial charge in [0.05, 0.1) is 11.4 Å². The maximum atomic E-state index is 12.6. The van der Waals surface area contributed by atoms with Crippen LogP contribution < -0.4 is 15.5 Å². The molecule has 0 spiro atoms. The van der Waals surface area contributed by atoms with E-state index in [0.717, 1.165) is 17.1 Å². The van der Waals surface area contributed by atoms with Crippen LogP contribution in [0.4, 0.5) is 11.4 Å². The molecule has 6 nitrogen and oxygen atoms in total. The summed E-state index contributed by atoms with van der Waals surface area (Å²) in [5.41, 5.74) is 5.41. The van der Waals surface area contributed by atoms with Gasteiger partial charge in [-0.15, -0.1) is 10.2 Å². The molecule has 0 aliphatic carbocycles. The number of aromatic nitrogens is 2. The molecule has 2 N–H and O–H groups in total. The van der Waals surface area contributed by atoms with E-state index in [4.69, 9.17) is 0 Å². The monoisotopic (exact) mass is 387 g/mol. The van der Waals surface area contributed by atoms with E-state index in [-0.39, 0.29) is 5.91 Å². The van der Waals surface area contributed by atoms with E-state index in [2.05, 4.69) is 20.9 Å². The molecule has 1 amide bonds. The number of para-hydroxylation sites is 3. The molecule has 138 valence electrons. The molecule has 0 aliphatic heterocycles. The molecule has 0 saturated heterocycles. The van der Waals surface area contributed by atoms with Crippen molar-refractivity contribution >= 4 is 28.6 Å². The van der Waals surface area contributed by atoms with Crippen LogP contribution in [0, 0.1) is 0 Å². The van der Waals surface area contributed by atoms with Gasteiger partial charge in [0.15, 0.2) is 0 Å². The normalized spacial score (nSPS) is 11.2. The van der Waals surface area contributed by atoms with Crippen molar-refractivity contribution in [2.24, 2.45) is 5.10 Å². The second-order valence-electron chi connectivity index (χ2n) is 5.85. The molecule has 1 heterocycles. The summed E-state index contributed by atoms with van der Waals surface area (Å²) >= 11 is 1.21. The van der Waals surface area contributed by atoms with Gasteiger partial charge in [0.2, 0.25) is 9.81 Å². The Labute approximate surface area is 165 Å². The molecular formula is C21H17N5OS. The zero-order valence-electron chi connectivity index (χ0n) is 14.8. The van der Waals surface area contributed by atoms with Crippen LogP contribution in [-0.4, -0.2) is 15.7 Å². The smallest absolute Gasteiger partial charge is 0.286 e. The molecule has 4 aromatic rings. The highest BCUT2D eigenvalue weighted by molar-refractivity contribution is 7.11. The van der Waals surface area contributed by atoms with E-state index >= 15 is 0 Å². The maximum Gasteiger partial charge on any atom is 0.286 e. The number of benzene rings is 3. The molecule has 0 aliphatic rings. The Kier molecular flexibility index (Phi) is 5.26. The van der Waals surface area contributed by atoms with E-state index in [1.807, 2.05) is 91.0 Å². The predicted octanol–water partition coefficient (Wildman–Crippen LogP) is 4.11. The Morgan fingerprint density at radius 3 is 2.04 bits per heavy atom. The SMILES string of the molecule is O=C(Nc1ccccc1)c1nn(-c2ccccc2)/c(=N\Nc2ccccc2)s1. The summed E-state index contributed by atoms with van der Waals surface area (Å²) in [5, 5.41) is 12.1. The zero-order chi connectivity index (χ0) is 19.2. The lowest BCUT2D eigenvalue weighted by Crippen LogP contribution is -2.16. The summed E-state index contributed by atoms with van der Waals surface area (Å²) in [5.74, 6) is -0.276. The minimum absolute atomic E-state index is 0.276. The number of amides is 1. The summed E-state index contributed by atoms with van der Waals surface area (Å²) in [6.45, 7) is 0. The highest BCUT2D eigenvalue weighted by Gasteiger charge is 2.14. The van der Waals surface area contributed by atoms with E-state index in [9.17, 15) is 4.79 Å². The summed E-state index contributed by atoms with van der Waals surface area (Å²) in [4.78, 5) is 13.2. The van der Waals surface area contributed by atoms with Crippen molar-refractivity contribution in [3.63, 3.8) is 0 Å². The first-order chi connectivity index (χ1) is 13.8. The van der Waals surface area contributed by atoms with E-state index in [1.54, 1.807) is 4.68 Å². The van der Waals surface area contributed by atoms with Crippen LogP contribution in [0.3, 0.4) is 0 Å². The largest absolute Gasteiger partial charge is 0.320 e. The van der Waals surface area contributed by atoms with Crippen molar-refractivity contribution in [2.45, 2.75) is 0 Å². The third kappa shape index (κ3) is 4.16. The Hall–Kier alpha value is -3.71. The summed E-state index contributed by atoms with van der Waals surface area (Å²) in [6, 6.07) is 28.5. The first kappa shape index (κ1) is 17.7. The Morgan fingerprint density at radius 1 is 0.821 bits per heavy atom. The van der Waals surface area contributed by atoms with Gasteiger partial charge >= 0.3 is 0 Å². The average molecular weight is 387 g/mol. The standard InChI is InChI=1S/C21H17N5OS/c27-19(22-16-10-4-1-5-11-16)20-25-26(18-14-8-3-9-15-18)21(28-20)24-23-17-12-6-2-7-13-17/h1-15,23H,(H,22,27)/b24-21+. The van der Waals surface area contributed by atoms with E-state index in [1.165, 1.54) is 11.3 Å². The number of carbonyl (C=O) groups excluding carboxylic acids is 1. The van der Waals surface area contributed by atoms with Gasteiger partial charge in [-0.2, -0.15) is 0 Å². The summed E-state index contributed by atoms with van der Waals surface area (Å²) in [6.07, 6.45) is 0. The number of hydrogen-bond acceptors (Lipinski definition) is 5. The third-order valence-corrected chi connectivity index (χ3v) is 4.75. The number of carbonyl (C=O) groups is 1. The molecule has 0 radical (unpaired) electrons. The first-order valence-electron chi connectivity index (χ1n) is 8.66. The molecule has 1 aromatic heterocycles. The summed E-state index contributed by atoms with van der Waals surface area (Å²) in [7, 11) is 0. The first-order valence-corrected chi connectivity index (χ1v) is 9.48. The lowest BCUT2D eigenvalue weighted by Gasteiger charge is -2.02. The minimum Gasteiger partial charge on any atom is -0.320 e. The van der Waals surface area contributed by atoms with Crippen molar-refractivity contribution in [1.29, 1.82) is 0 Å². The van der Waals surface area contributed by atoms with Gasteiger partial charge in [0, 0.05) is 5.69 Å². The average Bonchev–Trinajstić information content (AvgIpc) is 3.19. The second-order valence-corrected chi connectivity index (χ2v) is 6.80. The van der Waals surface area contributed by atoms with Crippen LogP contribution >= 0.6 is 11.3 Å². The van der Waals surface area contributed by atoms with Crippen molar-refractivity contribution in [1.82, 2.24) is 9.78 Å². The minimum atomic E-state index is -0.276. The molecule has 7 heteroatoms. The van der Waals surface area contributed by atoms with Crippen LogP contribution in [0.2, 0.25) is 0 Å².